The van der Waals surface area contributed by atoms with Crippen molar-refractivity contribution in [2.45, 2.75) is 6.54 Å². The average molecular weight is 231 g/mol. The Kier molecular flexibility index (Phi) is 3.09. The molecule has 2 aromatic rings. The SMILES string of the molecule is COc1ccc(Cn2cnc(=O)c(N)c2)cc1. The van der Waals surface area contributed by atoms with Crippen molar-refractivity contribution in [3.8, 4) is 5.75 Å². The fourth-order valence-electron chi connectivity index (χ4n) is 1.50. The molecule has 0 amide bonds. The molecular weight excluding hydrogens is 218 g/mol. The molecule has 5 heteroatoms. The first-order valence-corrected chi connectivity index (χ1v) is 5.13. The number of hydrogen-bond donors (Lipinski definition) is 1. The molecule has 0 radical (unpaired) electrons. The fourth-order valence-corrected chi connectivity index (χ4v) is 1.50. The summed E-state index contributed by atoms with van der Waals surface area (Å²) in [5.74, 6) is 0.811. The maximum atomic E-state index is 11.0. The zero-order chi connectivity index (χ0) is 12.3. The van der Waals surface area contributed by atoms with E-state index in [4.69, 9.17) is 10.5 Å². The third kappa shape index (κ3) is 2.63. The molecule has 0 fully saturated rings. The van der Waals surface area contributed by atoms with Gasteiger partial charge in [0.1, 0.15) is 11.4 Å². The van der Waals surface area contributed by atoms with Gasteiger partial charge in [-0.1, -0.05) is 12.1 Å². The van der Waals surface area contributed by atoms with Crippen LogP contribution >= 0.6 is 0 Å². The smallest absolute Gasteiger partial charge is 0.295 e. The standard InChI is InChI=1S/C12H13N3O2/c1-17-10-4-2-9(3-5-10)6-15-7-11(13)12(16)14-8-15/h2-5,7-8H,6,13H2,1H3. The number of nitrogens with zero attached hydrogens (tertiary/aromatic N) is 2. The number of anilines is 1. The van der Waals surface area contributed by atoms with E-state index >= 15 is 0 Å². The number of nitrogens with two attached hydrogens (primary N) is 1. The minimum Gasteiger partial charge on any atom is -0.497 e. The number of ether oxygens (including phenoxy) is 1. The highest BCUT2D eigenvalue weighted by atomic mass is 16.5. The van der Waals surface area contributed by atoms with Crippen LogP contribution in [-0.4, -0.2) is 16.7 Å². The van der Waals surface area contributed by atoms with Crippen molar-refractivity contribution in [2.75, 3.05) is 12.8 Å². The van der Waals surface area contributed by atoms with Crippen LogP contribution < -0.4 is 16.0 Å². The van der Waals surface area contributed by atoms with E-state index < -0.39 is 5.56 Å². The summed E-state index contributed by atoms with van der Waals surface area (Å²) in [5, 5.41) is 0. The van der Waals surface area contributed by atoms with Crippen molar-refractivity contribution >= 4 is 5.69 Å². The molecule has 0 spiro atoms. The van der Waals surface area contributed by atoms with Gasteiger partial charge in [-0.15, -0.1) is 0 Å². The predicted octanol–water partition coefficient (Wildman–Crippen LogP) is 0.882. The van der Waals surface area contributed by atoms with Crippen molar-refractivity contribution in [2.24, 2.45) is 0 Å². The molecule has 0 aliphatic heterocycles. The lowest BCUT2D eigenvalue weighted by Gasteiger charge is -2.07. The minimum absolute atomic E-state index is 0.154. The maximum Gasteiger partial charge on any atom is 0.295 e. The molecular formula is C12H13N3O2. The van der Waals surface area contributed by atoms with Crippen molar-refractivity contribution < 1.29 is 4.74 Å². The molecule has 1 aromatic heterocycles. The molecule has 0 atom stereocenters. The second kappa shape index (κ2) is 4.69. The molecule has 0 unspecified atom stereocenters. The third-order valence-electron chi connectivity index (χ3n) is 2.40. The van der Waals surface area contributed by atoms with Gasteiger partial charge in [-0.2, -0.15) is 4.98 Å². The zero-order valence-electron chi connectivity index (χ0n) is 9.46. The Bertz CT molecular complexity index is 561. The van der Waals surface area contributed by atoms with Crippen LogP contribution in [-0.2, 0) is 6.54 Å². The van der Waals surface area contributed by atoms with Gasteiger partial charge in [0.25, 0.3) is 5.56 Å². The first kappa shape index (κ1) is 11.2. The van der Waals surface area contributed by atoms with E-state index in [-0.39, 0.29) is 5.69 Å². The lowest BCUT2D eigenvalue weighted by atomic mass is 10.2. The lowest BCUT2D eigenvalue weighted by Crippen LogP contribution is -2.15. The van der Waals surface area contributed by atoms with Crippen molar-refractivity contribution in [3.05, 3.63) is 52.7 Å². The Morgan fingerprint density at radius 2 is 2.06 bits per heavy atom. The molecule has 0 aliphatic rings. The van der Waals surface area contributed by atoms with Crippen molar-refractivity contribution in [1.82, 2.24) is 9.55 Å². The van der Waals surface area contributed by atoms with Gasteiger partial charge >= 0.3 is 0 Å². The Balaban J connectivity index is 2.19. The number of benzene rings is 1. The quantitative estimate of drug-likeness (QED) is 0.851. The Morgan fingerprint density at radius 3 is 2.65 bits per heavy atom. The molecule has 0 saturated carbocycles. The Labute approximate surface area is 98.5 Å². The second-order valence-corrected chi connectivity index (χ2v) is 3.65. The van der Waals surface area contributed by atoms with Gasteiger partial charge in [0, 0.05) is 12.7 Å². The molecule has 17 heavy (non-hydrogen) atoms. The van der Waals surface area contributed by atoms with Crippen LogP contribution in [0.5, 0.6) is 5.75 Å². The van der Waals surface area contributed by atoms with E-state index in [9.17, 15) is 4.79 Å². The van der Waals surface area contributed by atoms with E-state index in [0.717, 1.165) is 11.3 Å². The van der Waals surface area contributed by atoms with Crippen LogP contribution in [0.3, 0.4) is 0 Å². The topological polar surface area (TPSA) is 70.1 Å². The molecule has 0 saturated heterocycles. The van der Waals surface area contributed by atoms with Crippen LogP contribution in [0.15, 0.2) is 41.6 Å². The minimum atomic E-state index is -0.393. The van der Waals surface area contributed by atoms with E-state index in [2.05, 4.69) is 4.98 Å². The van der Waals surface area contributed by atoms with E-state index in [1.54, 1.807) is 17.9 Å². The van der Waals surface area contributed by atoms with Crippen LogP contribution in [0.4, 0.5) is 5.69 Å². The van der Waals surface area contributed by atoms with Gasteiger partial charge in [-0.25, -0.2) is 0 Å². The largest absolute Gasteiger partial charge is 0.497 e. The summed E-state index contributed by atoms with van der Waals surface area (Å²) in [6.45, 7) is 0.613. The highest BCUT2D eigenvalue weighted by Gasteiger charge is 1.98. The molecule has 0 bridgehead atoms. The zero-order valence-corrected chi connectivity index (χ0v) is 9.46. The third-order valence-corrected chi connectivity index (χ3v) is 2.40. The Morgan fingerprint density at radius 1 is 1.35 bits per heavy atom. The van der Waals surface area contributed by atoms with Crippen LogP contribution in [0.25, 0.3) is 0 Å². The summed E-state index contributed by atoms with van der Waals surface area (Å²) in [5.41, 5.74) is 6.34. The van der Waals surface area contributed by atoms with Gasteiger partial charge < -0.3 is 15.0 Å². The van der Waals surface area contributed by atoms with Crippen LogP contribution in [0.1, 0.15) is 5.56 Å². The lowest BCUT2D eigenvalue weighted by molar-refractivity contribution is 0.414. The van der Waals surface area contributed by atoms with Gasteiger partial charge in [-0.05, 0) is 17.7 Å². The van der Waals surface area contributed by atoms with E-state index in [1.165, 1.54) is 6.33 Å². The second-order valence-electron chi connectivity index (χ2n) is 3.65. The molecule has 1 heterocycles. The number of aromatic nitrogens is 2. The molecule has 5 nitrogen and oxygen atoms in total. The number of rotatable bonds is 3. The summed E-state index contributed by atoms with van der Waals surface area (Å²) in [4.78, 5) is 14.7. The van der Waals surface area contributed by atoms with Gasteiger partial charge in [-0.3, -0.25) is 4.79 Å². The van der Waals surface area contributed by atoms with Gasteiger partial charge in [0.05, 0.1) is 13.4 Å². The molecule has 1 aromatic carbocycles. The molecule has 88 valence electrons. The van der Waals surface area contributed by atoms with Crippen molar-refractivity contribution in [1.29, 1.82) is 0 Å². The number of methoxy groups -OCH3 is 1. The van der Waals surface area contributed by atoms with Gasteiger partial charge in [0.15, 0.2) is 0 Å². The summed E-state index contributed by atoms with van der Waals surface area (Å²) >= 11 is 0. The summed E-state index contributed by atoms with van der Waals surface area (Å²) in [6, 6.07) is 7.67. The highest BCUT2D eigenvalue weighted by Crippen LogP contribution is 2.12. The first-order valence-electron chi connectivity index (χ1n) is 5.13. The number of nitrogen functional groups attached to an aromatic ring is 1. The first-order chi connectivity index (χ1) is 8.19. The summed E-state index contributed by atoms with van der Waals surface area (Å²) in [6.07, 6.45) is 3.06. The molecule has 2 N–H and O–H groups in total. The fraction of sp³-hybridized carbons (Fsp3) is 0.167. The summed E-state index contributed by atoms with van der Waals surface area (Å²) in [7, 11) is 1.63. The van der Waals surface area contributed by atoms with Crippen molar-refractivity contribution in [3.63, 3.8) is 0 Å². The molecule has 0 aliphatic carbocycles. The Hall–Kier alpha value is -2.30. The summed E-state index contributed by atoms with van der Waals surface area (Å²) < 4.78 is 6.84. The van der Waals surface area contributed by atoms with Crippen LogP contribution in [0, 0.1) is 0 Å². The van der Waals surface area contributed by atoms with Crippen LogP contribution in [0.2, 0.25) is 0 Å². The average Bonchev–Trinajstić information content (AvgIpc) is 2.35. The molecule has 2 rings (SSSR count). The normalized spacial score (nSPS) is 10.2. The number of hydrogen-bond acceptors (Lipinski definition) is 4. The van der Waals surface area contributed by atoms with E-state index in [1.807, 2.05) is 24.3 Å². The van der Waals surface area contributed by atoms with E-state index in [0.29, 0.717) is 6.54 Å². The van der Waals surface area contributed by atoms with Gasteiger partial charge in [0.2, 0.25) is 0 Å². The maximum absolute atomic E-state index is 11.0. The highest BCUT2D eigenvalue weighted by molar-refractivity contribution is 5.31. The monoisotopic (exact) mass is 231 g/mol. The predicted molar refractivity (Wildman–Crippen MR) is 65.0 cm³/mol.